The second kappa shape index (κ2) is 11.6. The molecule has 0 amide bonds. The third-order valence-electron chi connectivity index (χ3n) is 8.54. The Balaban J connectivity index is 1.42. The number of aryl methyl sites for hydroxylation is 1. The van der Waals surface area contributed by atoms with E-state index >= 15 is 0 Å². The number of hydrogen-bond donors (Lipinski definition) is 1. The zero-order chi connectivity index (χ0) is 29.5. The second-order valence-electron chi connectivity index (χ2n) is 11.8. The molecule has 218 valence electrons. The Labute approximate surface area is 242 Å². The van der Waals surface area contributed by atoms with Gasteiger partial charge in [0.15, 0.2) is 6.61 Å². The fourth-order valence-electron chi connectivity index (χ4n) is 6.29. The minimum atomic E-state index is -3.67. The fraction of sp³-hybridized carbons (Fsp3) is 0.424. The Kier molecular flexibility index (Phi) is 8.28. The largest absolute Gasteiger partial charge is 0.482 e. The van der Waals surface area contributed by atoms with Crippen LogP contribution in [0.4, 0.5) is 0 Å². The van der Waals surface area contributed by atoms with Gasteiger partial charge in [0.05, 0.1) is 17.1 Å². The lowest BCUT2D eigenvalue weighted by molar-refractivity contribution is -0.139. The van der Waals surface area contributed by atoms with E-state index in [1.807, 2.05) is 50.2 Å². The number of hydrogen-bond acceptors (Lipinski definition) is 5. The molecule has 0 bridgehead atoms. The van der Waals surface area contributed by atoms with Crippen LogP contribution in [-0.4, -0.2) is 49.6 Å². The van der Waals surface area contributed by atoms with Gasteiger partial charge >= 0.3 is 5.97 Å². The molecule has 7 nitrogen and oxygen atoms in total. The molecule has 4 atom stereocenters. The summed E-state index contributed by atoms with van der Waals surface area (Å²) in [5.41, 5.74) is 3.86. The number of piperidine rings is 1. The molecular weight excluding hydrogens is 538 g/mol. The molecule has 1 N–H and O–H groups in total. The van der Waals surface area contributed by atoms with Crippen LogP contribution in [0.1, 0.15) is 62.3 Å². The lowest BCUT2D eigenvalue weighted by Gasteiger charge is -2.47. The summed E-state index contributed by atoms with van der Waals surface area (Å²) in [7, 11) is -3.67. The molecular formula is C33H39NO6S. The number of carbonyl (C=O) groups is 1. The van der Waals surface area contributed by atoms with Gasteiger partial charge in [-0.05, 0) is 78.6 Å². The van der Waals surface area contributed by atoms with Gasteiger partial charge in [-0.25, -0.2) is 13.2 Å². The van der Waals surface area contributed by atoms with Gasteiger partial charge in [0.2, 0.25) is 10.0 Å². The third kappa shape index (κ3) is 5.92. The first-order valence-corrected chi connectivity index (χ1v) is 15.7. The average molecular weight is 578 g/mol. The quantitative estimate of drug-likeness (QED) is 0.309. The summed E-state index contributed by atoms with van der Waals surface area (Å²) in [5, 5.41) is 11.2. The van der Waals surface area contributed by atoms with Crippen molar-refractivity contribution in [2.45, 2.75) is 63.6 Å². The molecule has 41 heavy (non-hydrogen) atoms. The molecule has 3 aromatic rings. The van der Waals surface area contributed by atoms with Gasteiger partial charge in [0, 0.05) is 24.6 Å². The van der Waals surface area contributed by atoms with Crippen LogP contribution in [-0.2, 0) is 19.6 Å². The molecule has 0 aromatic heterocycles. The molecule has 0 unspecified atom stereocenters. The zero-order valence-corrected chi connectivity index (χ0v) is 25.0. The molecule has 3 aromatic carbocycles. The summed E-state index contributed by atoms with van der Waals surface area (Å²) < 4.78 is 41.7. The zero-order valence-electron chi connectivity index (χ0n) is 24.2. The Morgan fingerprint density at radius 2 is 1.88 bits per heavy atom. The Bertz CT molecular complexity index is 1580. The highest BCUT2D eigenvalue weighted by Gasteiger charge is 2.45. The number of aliphatic carboxylic acids is 1. The van der Waals surface area contributed by atoms with E-state index in [0.29, 0.717) is 30.2 Å². The molecule has 2 saturated heterocycles. The maximum atomic E-state index is 13.7. The van der Waals surface area contributed by atoms with Crippen molar-refractivity contribution in [1.82, 2.24) is 4.31 Å². The summed E-state index contributed by atoms with van der Waals surface area (Å²) >= 11 is 0. The van der Waals surface area contributed by atoms with Crippen LogP contribution >= 0.6 is 0 Å². The van der Waals surface area contributed by atoms with Crippen molar-refractivity contribution in [3.05, 3.63) is 83.4 Å². The van der Waals surface area contributed by atoms with Crippen LogP contribution in [0.5, 0.6) is 5.75 Å². The molecule has 2 fully saturated rings. The van der Waals surface area contributed by atoms with Crippen molar-refractivity contribution < 1.29 is 27.8 Å². The Morgan fingerprint density at radius 3 is 2.56 bits per heavy atom. The van der Waals surface area contributed by atoms with E-state index < -0.39 is 22.6 Å². The first-order chi connectivity index (χ1) is 19.5. The molecule has 0 spiro atoms. The molecule has 5 rings (SSSR count). The van der Waals surface area contributed by atoms with E-state index in [2.05, 4.69) is 26.5 Å². The number of carboxylic acids is 1. The van der Waals surface area contributed by atoms with E-state index in [0.717, 1.165) is 39.5 Å². The summed E-state index contributed by atoms with van der Waals surface area (Å²) in [6, 6.07) is 17.1. The van der Waals surface area contributed by atoms with E-state index in [1.54, 1.807) is 16.4 Å². The number of nitrogens with zero attached hydrogens (tertiary/aromatic N) is 1. The van der Waals surface area contributed by atoms with Crippen molar-refractivity contribution in [2.24, 2.45) is 11.8 Å². The predicted octanol–water partition coefficient (Wildman–Crippen LogP) is 6.47. The molecule has 0 aliphatic carbocycles. The minimum absolute atomic E-state index is 0.00978. The lowest BCUT2D eigenvalue weighted by Crippen LogP contribution is -2.50. The minimum Gasteiger partial charge on any atom is -0.482 e. The lowest BCUT2D eigenvalue weighted by atomic mass is 9.75. The standard InChI is InChI=1S/C33H39NO6S/c1-20(2)25-14-22(5)32(30(17-25)39-19-31(35)36)33-28(21(3)4)16-26-18-34(13-12-29(26)40-33)41(37,38)27-11-10-23-8-6-7-9-24(23)15-27/h6-11,14-15,17,20,26,28-29,33H,3,12-13,16,18-19H2,1-2,4-5H3,(H,35,36)/t26-,28-,29+,33+/m0/s1. The summed E-state index contributed by atoms with van der Waals surface area (Å²) in [4.78, 5) is 11.7. The van der Waals surface area contributed by atoms with E-state index in [4.69, 9.17) is 9.47 Å². The maximum absolute atomic E-state index is 13.7. The number of ether oxygens (including phenoxy) is 2. The SMILES string of the molecule is C=C(C)[C@@H]1C[C@H]2CN(S(=O)(=O)c3ccc4ccccc4c3)CC[C@H]2O[C@H]1c1c(C)cc(C(C)C)cc1OCC(=O)O. The van der Waals surface area contributed by atoms with Crippen molar-refractivity contribution in [3.8, 4) is 5.75 Å². The Hall–Kier alpha value is -3.20. The number of sulfonamides is 1. The van der Waals surface area contributed by atoms with Crippen molar-refractivity contribution in [3.63, 3.8) is 0 Å². The highest BCUT2D eigenvalue weighted by atomic mass is 32.2. The number of rotatable bonds is 8. The normalized spacial score (nSPS) is 23.3. The van der Waals surface area contributed by atoms with Gasteiger partial charge in [-0.3, -0.25) is 0 Å². The first-order valence-electron chi connectivity index (χ1n) is 14.2. The first kappa shape index (κ1) is 29.3. The van der Waals surface area contributed by atoms with Crippen LogP contribution in [0.15, 0.2) is 71.6 Å². The van der Waals surface area contributed by atoms with E-state index in [9.17, 15) is 18.3 Å². The topological polar surface area (TPSA) is 93.1 Å². The van der Waals surface area contributed by atoms with E-state index in [-0.39, 0.29) is 30.0 Å². The van der Waals surface area contributed by atoms with Crippen LogP contribution in [0.2, 0.25) is 0 Å². The number of benzene rings is 3. The van der Waals surface area contributed by atoms with Crippen LogP contribution in [0.25, 0.3) is 10.8 Å². The van der Waals surface area contributed by atoms with Crippen LogP contribution in [0, 0.1) is 18.8 Å². The van der Waals surface area contributed by atoms with Gasteiger partial charge in [-0.15, -0.1) is 0 Å². The second-order valence-corrected chi connectivity index (χ2v) is 13.7. The molecule has 0 radical (unpaired) electrons. The summed E-state index contributed by atoms with van der Waals surface area (Å²) in [6.07, 6.45) is 0.807. The number of carboxylic acid groups (broad SMARTS) is 1. The molecule has 8 heteroatoms. The fourth-order valence-corrected chi connectivity index (χ4v) is 7.84. The monoisotopic (exact) mass is 577 g/mol. The molecule has 2 aliphatic rings. The maximum Gasteiger partial charge on any atom is 0.341 e. The van der Waals surface area contributed by atoms with Gasteiger partial charge in [-0.2, -0.15) is 4.31 Å². The van der Waals surface area contributed by atoms with E-state index in [1.165, 1.54) is 0 Å². The van der Waals surface area contributed by atoms with Gasteiger partial charge in [0.25, 0.3) is 0 Å². The van der Waals surface area contributed by atoms with Crippen molar-refractivity contribution in [1.29, 1.82) is 0 Å². The van der Waals surface area contributed by atoms with Gasteiger partial charge in [0.1, 0.15) is 5.75 Å². The van der Waals surface area contributed by atoms with Crippen molar-refractivity contribution >= 4 is 26.8 Å². The van der Waals surface area contributed by atoms with Crippen LogP contribution < -0.4 is 4.74 Å². The van der Waals surface area contributed by atoms with Gasteiger partial charge < -0.3 is 14.6 Å². The highest BCUT2D eigenvalue weighted by Crippen LogP contribution is 2.49. The predicted molar refractivity (Wildman–Crippen MR) is 160 cm³/mol. The molecule has 0 saturated carbocycles. The molecule has 2 heterocycles. The average Bonchev–Trinajstić information content (AvgIpc) is 2.94. The summed E-state index contributed by atoms with van der Waals surface area (Å²) in [5.74, 6) is -0.324. The number of fused-ring (bicyclic) bond motifs is 2. The van der Waals surface area contributed by atoms with Gasteiger partial charge in [-0.1, -0.05) is 62.4 Å². The Morgan fingerprint density at radius 1 is 1.15 bits per heavy atom. The highest BCUT2D eigenvalue weighted by molar-refractivity contribution is 7.89. The third-order valence-corrected chi connectivity index (χ3v) is 10.4. The smallest absolute Gasteiger partial charge is 0.341 e. The van der Waals surface area contributed by atoms with Crippen LogP contribution in [0.3, 0.4) is 0 Å². The van der Waals surface area contributed by atoms with Crippen molar-refractivity contribution in [2.75, 3.05) is 19.7 Å². The molecule has 2 aliphatic heterocycles. The summed E-state index contributed by atoms with van der Waals surface area (Å²) in [6.45, 7) is 12.7.